The fourth-order valence-electron chi connectivity index (χ4n) is 5.11. The lowest BCUT2D eigenvalue weighted by Crippen LogP contribution is -2.37. The quantitative estimate of drug-likeness (QED) is 0.588. The molecule has 1 N–H and O–H groups in total. The number of aromatic nitrogens is 1. The molecule has 1 aromatic heterocycles. The van der Waals surface area contributed by atoms with Crippen LogP contribution in [0.3, 0.4) is 0 Å². The molecule has 2 fully saturated rings. The monoisotopic (exact) mass is 393 g/mol. The molecule has 28 heavy (non-hydrogen) atoms. The smallest absolute Gasteiger partial charge is 0.0552 e. The standard InChI is InChI=1S/C24H31N3S/c1-18-8-9-19(22-15-26-22)13-20(18)16-27-17-24(10-4-3-5-11-24)14-21-23(28(27)2)7-6-12-25-21/h6-9,12-13,22,26H,2-5,10-11,14-17H2,1H3. The van der Waals surface area contributed by atoms with E-state index in [0.29, 0.717) is 11.5 Å². The minimum absolute atomic E-state index is 0.153. The van der Waals surface area contributed by atoms with E-state index < -0.39 is 0 Å². The summed E-state index contributed by atoms with van der Waals surface area (Å²) in [6.45, 7) is 5.52. The van der Waals surface area contributed by atoms with E-state index in [-0.39, 0.29) is 10.7 Å². The first kappa shape index (κ1) is 18.5. The van der Waals surface area contributed by atoms with Crippen LogP contribution in [0.25, 0.3) is 0 Å². The van der Waals surface area contributed by atoms with Crippen LogP contribution < -0.4 is 5.32 Å². The van der Waals surface area contributed by atoms with E-state index in [2.05, 4.69) is 52.7 Å². The fourth-order valence-corrected chi connectivity index (χ4v) is 6.74. The van der Waals surface area contributed by atoms with Gasteiger partial charge in [0.2, 0.25) is 0 Å². The van der Waals surface area contributed by atoms with E-state index in [1.54, 1.807) is 0 Å². The molecule has 3 nitrogen and oxygen atoms in total. The maximum atomic E-state index is 4.82. The van der Waals surface area contributed by atoms with Gasteiger partial charge in [0.05, 0.1) is 5.69 Å². The van der Waals surface area contributed by atoms with E-state index in [4.69, 9.17) is 4.98 Å². The molecule has 5 rings (SSSR count). The lowest BCUT2D eigenvalue weighted by Gasteiger charge is -2.39. The lowest BCUT2D eigenvalue weighted by molar-refractivity contribution is 0.149. The summed E-state index contributed by atoms with van der Waals surface area (Å²) in [5.74, 6) is 4.66. The molecule has 1 saturated heterocycles. The molecule has 0 radical (unpaired) electrons. The van der Waals surface area contributed by atoms with E-state index in [1.165, 1.54) is 59.4 Å². The largest absolute Gasteiger partial charge is 0.307 e. The van der Waals surface area contributed by atoms with Crippen LogP contribution in [0.5, 0.6) is 0 Å². The zero-order chi connectivity index (χ0) is 19.1. The number of pyridine rings is 1. The number of nitrogens with zero attached hydrogens (tertiary/aromatic N) is 2. The van der Waals surface area contributed by atoms with Crippen LogP contribution in [-0.4, -0.2) is 28.2 Å². The number of hydrogen-bond acceptors (Lipinski definition) is 3. The predicted molar refractivity (Wildman–Crippen MR) is 119 cm³/mol. The molecule has 2 aromatic rings. The van der Waals surface area contributed by atoms with Crippen molar-refractivity contribution in [2.75, 3.05) is 13.1 Å². The van der Waals surface area contributed by atoms with Gasteiger partial charge in [-0.15, -0.1) is 0 Å². The minimum atomic E-state index is -0.153. The first-order chi connectivity index (χ1) is 13.6. The molecule has 1 saturated carbocycles. The maximum Gasteiger partial charge on any atom is 0.0552 e. The highest BCUT2D eigenvalue weighted by Gasteiger charge is 2.38. The van der Waals surface area contributed by atoms with Gasteiger partial charge in [-0.05, 0) is 60.4 Å². The van der Waals surface area contributed by atoms with Gasteiger partial charge in [0.1, 0.15) is 0 Å². The first-order valence-corrected chi connectivity index (χ1v) is 12.0. The van der Waals surface area contributed by atoms with E-state index in [0.717, 1.165) is 26.1 Å². The van der Waals surface area contributed by atoms with Crippen molar-refractivity contribution in [3.63, 3.8) is 0 Å². The van der Waals surface area contributed by atoms with Crippen LogP contribution in [0.4, 0.5) is 0 Å². The van der Waals surface area contributed by atoms with Gasteiger partial charge in [0, 0.05) is 36.8 Å². The number of aryl methyl sites for hydroxylation is 1. The normalized spacial score (nSPS) is 26.6. The summed E-state index contributed by atoms with van der Waals surface area (Å²) in [4.78, 5) is 6.18. The second kappa shape index (κ2) is 7.40. The average molecular weight is 394 g/mol. The first-order valence-electron chi connectivity index (χ1n) is 10.7. The SMILES string of the molecule is C=S1c2cccnc2CC2(CCCCC2)CN1Cc1cc(C2CN2)ccc1C. The highest BCUT2D eigenvalue weighted by atomic mass is 32.2. The maximum absolute atomic E-state index is 4.82. The topological polar surface area (TPSA) is 38.1 Å². The Morgan fingerprint density at radius 3 is 2.86 bits per heavy atom. The van der Waals surface area contributed by atoms with Crippen LogP contribution in [0.2, 0.25) is 0 Å². The van der Waals surface area contributed by atoms with E-state index >= 15 is 0 Å². The van der Waals surface area contributed by atoms with Crippen molar-refractivity contribution in [2.24, 2.45) is 5.41 Å². The fraction of sp³-hybridized carbons (Fsp3) is 0.500. The highest BCUT2D eigenvalue weighted by molar-refractivity contribution is 8.12. The molecular formula is C24H31N3S. The molecule has 148 valence electrons. The third-order valence-electron chi connectivity index (χ3n) is 6.91. The summed E-state index contributed by atoms with van der Waals surface area (Å²) in [5, 5.41) is 3.45. The van der Waals surface area contributed by atoms with Crippen LogP contribution in [-0.2, 0) is 13.0 Å². The van der Waals surface area contributed by atoms with Gasteiger partial charge < -0.3 is 5.32 Å². The number of nitrogens with one attached hydrogen (secondary N) is 1. The predicted octanol–water partition coefficient (Wildman–Crippen LogP) is 5.02. The molecule has 3 heterocycles. The molecule has 2 unspecified atom stereocenters. The Balaban J connectivity index is 1.50. The number of rotatable bonds is 3. The third-order valence-corrected chi connectivity index (χ3v) is 8.67. The van der Waals surface area contributed by atoms with Crippen molar-refractivity contribution >= 4 is 16.5 Å². The summed E-state index contributed by atoms with van der Waals surface area (Å²) in [5.41, 5.74) is 5.98. The van der Waals surface area contributed by atoms with Crippen molar-refractivity contribution in [3.05, 3.63) is 58.9 Å². The second-order valence-corrected chi connectivity index (χ2v) is 10.7. The number of fused-ring (bicyclic) bond motifs is 1. The Hall–Kier alpha value is -1.49. The van der Waals surface area contributed by atoms with Crippen molar-refractivity contribution in [3.8, 4) is 0 Å². The molecule has 1 aliphatic carbocycles. The average Bonchev–Trinajstić information content (AvgIpc) is 3.55. The van der Waals surface area contributed by atoms with Gasteiger partial charge >= 0.3 is 0 Å². The zero-order valence-electron chi connectivity index (χ0n) is 16.9. The van der Waals surface area contributed by atoms with E-state index in [9.17, 15) is 0 Å². The second-order valence-electron chi connectivity index (χ2n) is 9.00. The molecule has 2 atom stereocenters. The van der Waals surface area contributed by atoms with Crippen molar-refractivity contribution in [1.29, 1.82) is 0 Å². The van der Waals surface area contributed by atoms with Gasteiger partial charge in [-0.3, -0.25) is 4.98 Å². The Morgan fingerprint density at radius 1 is 1.25 bits per heavy atom. The highest BCUT2D eigenvalue weighted by Crippen LogP contribution is 2.47. The van der Waals surface area contributed by atoms with Gasteiger partial charge in [-0.25, -0.2) is 4.31 Å². The molecule has 2 aliphatic heterocycles. The Kier molecular flexibility index (Phi) is 4.90. The van der Waals surface area contributed by atoms with Gasteiger partial charge in [-0.2, -0.15) is 0 Å². The molecule has 1 spiro atoms. The summed E-state index contributed by atoms with van der Waals surface area (Å²) in [6, 6.07) is 11.9. The van der Waals surface area contributed by atoms with Crippen LogP contribution in [0.15, 0.2) is 41.4 Å². The van der Waals surface area contributed by atoms with Crippen LogP contribution in [0.1, 0.15) is 60.5 Å². The lowest BCUT2D eigenvalue weighted by atomic mass is 9.71. The van der Waals surface area contributed by atoms with Crippen molar-refractivity contribution < 1.29 is 0 Å². The molecule has 4 heteroatoms. The van der Waals surface area contributed by atoms with Gasteiger partial charge in [-0.1, -0.05) is 54.0 Å². The van der Waals surface area contributed by atoms with E-state index in [1.807, 2.05) is 6.20 Å². The molecule has 3 aliphatic rings. The summed E-state index contributed by atoms with van der Waals surface area (Å²) >= 11 is 0. The summed E-state index contributed by atoms with van der Waals surface area (Å²) < 4.78 is 2.67. The van der Waals surface area contributed by atoms with Gasteiger partial charge in [0.25, 0.3) is 0 Å². The third kappa shape index (κ3) is 3.58. The van der Waals surface area contributed by atoms with Crippen LogP contribution >= 0.6 is 10.7 Å². The molecule has 0 bridgehead atoms. The molecule has 1 aromatic carbocycles. The van der Waals surface area contributed by atoms with Crippen LogP contribution in [0, 0.1) is 12.3 Å². The number of hydrogen-bond donors (Lipinski definition) is 1. The molecule has 0 amide bonds. The zero-order valence-corrected chi connectivity index (χ0v) is 17.7. The summed E-state index contributed by atoms with van der Waals surface area (Å²) in [7, 11) is -0.153. The molecular weight excluding hydrogens is 362 g/mol. The minimum Gasteiger partial charge on any atom is -0.307 e. The van der Waals surface area contributed by atoms with Crippen molar-refractivity contribution in [1.82, 2.24) is 14.6 Å². The number of benzene rings is 1. The summed E-state index contributed by atoms with van der Waals surface area (Å²) in [6.07, 6.45) is 9.89. The Morgan fingerprint density at radius 2 is 2.07 bits per heavy atom. The Bertz CT molecular complexity index is 896. The Labute approximate surface area is 171 Å². The van der Waals surface area contributed by atoms with Gasteiger partial charge in [0.15, 0.2) is 0 Å². The van der Waals surface area contributed by atoms with Crippen molar-refractivity contribution in [2.45, 2.75) is 62.9 Å².